The molecule has 0 heterocycles. The molecule has 2 rings (SSSR count). The van der Waals surface area contributed by atoms with Gasteiger partial charge in [-0.2, -0.15) is 5.26 Å². The quantitative estimate of drug-likeness (QED) is 0.272. The lowest BCUT2D eigenvalue weighted by Gasteiger charge is -2.37. The molecule has 0 radical (unpaired) electrons. The van der Waals surface area contributed by atoms with Gasteiger partial charge in [0.15, 0.2) is 0 Å². The van der Waals surface area contributed by atoms with Gasteiger partial charge in [0, 0.05) is 0 Å². The highest BCUT2D eigenvalue weighted by molar-refractivity contribution is 5.02. The summed E-state index contributed by atoms with van der Waals surface area (Å²) >= 11 is 0. The third kappa shape index (κ3) is 9.42. The fourth-order valence-corrected chi connectivity index (χ4v) is 5.57. The molecule has 2 aliphatic rings. The number of hydrogen-bond donors (Lipinski definition) is 0. The SMILES string of the molecule is CCCCCCCC1CCC(OCC2(C#N)CCC(CCCCCC)CC2)CC1. The molecular formula is C27H49NO. The van der Waals surface area contributed by atoms with Crippen molar-refractivity contribution >= 4 is 0 Å². The molecule has 29 heavy (non-hydrogen) atoms. The van der Waals surface area contributed by atoms with Gasteiger partial charge in [-0.1, -0.05) is 84.5 Å². The van der Waals surface area contributed by atoms with Crippen LogP contribution < -0.4 is 0 Å². The van der Waals surface area contributed by atoms with Crippen molar-refractivity contribution in [3.05, 3.63) is 0 Å². The Bertz CT molecular complexity index is 438. The van der Waals surface area contributed by atoms with E-state index in [4.69, 9.17) is 4.74 Å². The van der Waals surface area contributed by atoms with Crippen molar-refractivity contribution in [1.82, 2.24) is 0 Å². The molecule has 0 unspecified atom stereocenters. The van der Waals surface area contributed by atoms with Gasteiger partial charge in [-0.3, -0.25) is 0 Å². The lowest BCUT2D eigenvalue weighted by atomic mass is 9.70. The molecule has 0 atom stereocenters. The maximum absolute atomic E-state index is 9.87. The summed E-state index contributed by atoms with van der Waals surface area (Å²) in [5.41, 5.74) is -0.184. The van der Waals surface area contributed by atoms with E-state index < -0.39 is 0 Å². The number of unbranched alkanes of at least 4 members (excludes halogenated alkanes) is 7. The third-order valence-corrected chi connectivity index (χ3v) is 7.87. The van der Waals surface area contributed by atoms with Crippen LogP contribution in [-0.2, 0) is 4.74 Å². The van der Waals surface area contributed by atoms with Crippen LogP contribution in [0.2, 0.25) is 0 Å². The summed E-state index contributed by atoms with van der Waals surface area (Å²) in [6, 6.07) is 2.68. The van der Waals surface area contributed by atoms with E-state index in [-0.39, 0.29) is 5.41 Å². The first-order valence-electron chi connectivity index (χ1n) is 13.2. The van der Waals surface area contributed by atoms with Crippen LogP contribution in [0.3, 0.4) is 0 Å². The zero-order valence-electron chi connectivity index (χ0n) is 19.7. The molecule has 0 aromatic rings. The minimum Gasteiger partial charge on any atom is -0.377 e. The fourth-order valence-electron chi connectivity index (χ4n) is 5.57. The van der Waals surface area contributed by atoms with Gasteiger partial charge in [0.2, 0.25) is 0 Å². The van der Waals surface area contributed by atoms with E-state index in [1.54, 1.807) is 0 Å². The predicted octanol–water partition coefficient (Wildman–Crippen LogP) is 8.59. The maximum atomic E-state index is 9.87. The third-order valence-electron chi connectivity index (χ3n) is 7.87. The Morgan fingerprint density at radius 3 is 1.79 bits per heavy atom. The molecule has 2 saturated carbocycles. The van der Waals surface area contributed by atoms with Crippen LogP contribution in [-0.4, -0.2) is 12.7 Å². The summed E-state index contributed by atoms with van der Waals surface area (Å²) < 4.78 is 6.35. The standard InChI is InChI=1S/C27H49NO/c1-3-5-7-9-11-12-24-14-16-26(17-15-24)29-23-27(22-28)20-18-25(19-21-27)13-10-8-6-4-2/h24-26H,3-21,23H2,1-2H3. The molecule has 0 N–H and O–H groups in total. The second-order valence-corrected chi connectivity index (χ2v) is 10.3. The van der Waals surface area contributed by atoms with Crippen LogP contribution in [0.4, 0.5) is 0 Å². The Morgan fingerprint density at radius 2 is 1.24 bits per heavy atom. The molecule has 2 fully saturated rings. The molecule has 0 saturated heterocycles. The van der Waals surface area contributed by atoms with Crippen molar-refractivity contribution in [2.45, 2.75) is 142 Å². The average molecular weight is 404 g/mol. The summed E-state index contributed by atoms with van der Waals surface area (Å²) in [5.74, 6) is 1.80. The smallest absolute Gasteiger partial charge is 0.0807 e. The molecule has 0 amide bonds. The first-order chi connectivity index (χ1) is 14.2. The Kier molecular flexibility index (Phi) is 12.3. The molecule has 2 aliphatic carbocycles. The molecular weight excluding hydrogens is 354 g/mol. The number of hydrogen-bond acceptors (Lipinski definition) is 2. The Hall–Kier alpha value is -0.550. The van der Waals surface area contributed by atoms with E-state index in [2.05, 4.69) is 19.9 Å². The van der Waals surface area contributed by atoms with Crippen molar-refractivity contribution in [2.24, 2.45) is 17.3 Å². The van der Waals surface area contributed by atoms with Crippen molar-refractivity contribution in [2.75, 3.05) is 6.61 Å². The summed E-state index contributed by atoms with van der Waals surface area (Å²) in [5, 5.41) is 9.87. The van der Waals surface area contributed by atoms with Crippen molar-refractivity contribution in [3.63, 3.8) is 0 Å². The Labute approximate surface area is 182 Å². The van der Waals surface area contributed by atoms with E-state index >= 15 is 0 Å². The zero-order valence-corrected chi connectivity index (χ0v) is 19.7. The van der Waals surface area contributed by atoms with Gasteiger partial charge in [0.25, 0.3) is 0 Å². The lowest BCUT2D eigenvalue weighted by Crippen LogP contribution is -2.34. The summed E-state index contributed by atoms with van der Waals surface area (Å²) in [6.07, 6.45) is 25.5. The predicted molar refractivity (Wildman–Crippen MR) is 124 cm³/mol. The molecule has 2 nitrogen and oxygen atoms in total. The van der Waals surface area contributed by atoms with E-state index in [0.717, 1.165) is 24.7 Å². The van der Waals surface area contributed by atoms with Gasteiger partial charge < -0.3 is 4.74 Å². The summed E-state index contributed by atoms with van der Waals surface area (Å²) in [4.78, 5) is 0. The zero-order chi connectivity index (χ0) is 20.8. The van der Waals surface area contributed by atoms with Gasteiger partial charge in [-0.05, 0) is 63.2 Å². The van der Waals surface area contributed by atoms with Crippen LogP contribution >= 0.6 is 0 Å². The minimum atomic E-state index is -0.184. The van der Waals surface area contributed by atoms with E-state index in [1.165, 1.54) is 109 Å². The lowest BCUT2D eigenvalue weighted by molar-refractivity contribution is -0.0300. The second kappa shape index (κ2) is 14.5. The molecule has 2 heteroatoms. The molecule has 0 spiro atoms. The largest absolute Gasteiger partial charge is 0.377 e. The van der Waals surface area contributed by atoms with Crippen LogP contribution in [0.1, 0.15) is 136 Å². The Balaban J connectivity index is 1.58. The number of nitriles is 1. The van der Waals surface area contributed by atoms with Gasteiger partial charge in [-0.25, -0.2) is 0 Å². The molecule has 0 aromatic heterocycles. The average Bonchev–Trinajstić information content (AvgIpc) is 2.77. The highest BCUT2D eigenvalue weighted by Crippen LogP contribution is 2.41. The van der Waals surface area contributed by atoms with E-state index in [9.17, 15) is 5.26 Å². The van der Waals surface area contributed by atoms with Crippen LogP contribution in [0.5, 0.6) is 0 Å². The van der Waals surface area contributed by atoms with Crippen molar-refractivity contribution in [1.29, 1.82) is 5.26 Å². The summed E-state index contributed by atoms with van der Waals surface area (Å²) in [7, 11) is 0. The normalized spacial score (nSPS) is 30.2. The van der Waals surface area contributed by atoms with E-state index in [0.29, 0.717) is 12.7 Å². The highest BCUT2D eigenvalue weighted by atomic mass is 16.5. The molecule has 0 aliphatic heterocycles. The van der Waals surface area contributed by atoms with Crippen molar-refractivity contribution in [3.8, 4) is 6.07 Å². The molecule has 0 bridgehead atoms. The molecule has 0 aromatic carbocycles. The minimum absolute atomic E-state index is 0.184. The summed E-state index contributed by atoms with van der Waals surface area (Å²) in [6.45, 7) is 5.26. The maximum Gasteiger partial charge on any atom is 0.0807 e. The van der Waals surface area contributed by atoms with Crippen molar-refractivity contribution < 1.29 is 4.74 Å². The first-order valence-corrected chi connectivity index (χ1v) is 13.2. The second-order valence-electron chi connectivity index (χ2n) is 10.3. The van der Waals surface area contributed by atoms with Gasteiger partial charge in [0.05, 0.1) is 24.2 Å². The molecule has 168 valence electrons. The number of nitrogens with zero attached hydrogens (tertiary/aromatic N) is 1. The monoisotopic (exact) mass is 403 g/mol. The Morgan fingerprint density at radius 1 is 0.724 bits per heavy atom. The number of rotatable bonds is 14. The highest BCUT2D eigenvalue weighted by Gasteiger charge is 2.36. The van der Waals surface area contributed by atoms with Gasteiger partial charge >= 0.3 is 0 Å². The van der Waals surface area contributed by atoms with Gasteiger partial charge in [0.1, 0.15) is 0 Å². The first kappa shape index (κ1) is 24.7. The number of ether oxygens (including phenoxy) is 1. The van der Waals surface area contributed by atoms with Crippen LogP contribution in [0.15, 0.2) is 0 Å². The van der Waals surface area contributed by atoms with Crippen LogP contribution in [0, 0.1) is 28.6 Å². The fraction of sp³-hybridized carbons (Fsp3) is 0.963. The van der Waals surface area contributed by atoms with Gasteiger partial charge in [-0.15, -0.1) is 0 Å². The van der Waals surface area contributed by atoms with E-state index in [1.807, 2.05) is 0 Å². The van der Waals surface area contributed by atoms with Crippen LogP contribution in [0.25, 0.3) is 0 Å². The topological polar surface area (TPSA) is 33.0 Å².